The van der Waals surface area contributed by atoms with Crippen LogP contribution in [0.2, 0.25) is 0 Å². The van der Waals surface area contributed by atoms with Crippen molar-refractivity contribution in [2.24, 2.45) is 9.98 Å². The van der Waals surface area contributed by atoms with Gasteiger partial charge in [-0.25, -0.2) is 4.98 Å². The van der Waals surface area contributed by atoms with Gasteiger partial charge in [-0.3, -0.25) is 9.98 Å². The average Bonchev–Trinajstić information content (AvgIpc) is 2.89. The normalized spacial score (nSPS) is 11.9. The molecule has 3 aromatic rings. The quantitative estimate of drug-likeness (QED) is 0.179. The van der Waals surface area contributed by atoms with Crippen LogP contribution in [-0.2, 0) is 37.0 Å². The molecular weight excluding hydrogens is 606 g/mol. The summed E-state index contributed by atoms with van der Waals surface area (Å²) < 4.78 is 0. The maximum atomic E-state index is 5.02. The first-order valence-corrected chi connectivity index (χ1v) is 17.5. The van der Waals surface area contributed by atoms with Crippen molar-refractivity contribution in [3.63, 3.8) is 0 Å². The topological polar surface area (TPSA) is 37.6 Å². The molecule has 0 bridgehead atoms. The van der Waals surface area contributed by atoms with Gasteiger partial charge in [-0.05, 0) is 73.9 Å². The van der Waals surface area contributed by atoms with E-state index in [0.717, 1.165) is 71.2 Å². The first-order chi connectivity index (χ1) is 16.9. The van der Waals surface area contributed by atoms with Crippen molar-refractivity contribution in [2.45, 2.75) is 67.2 Å². The Kier molecular flexibility index (Phi) is 13.1. The summed E-state index contributed by atoms with van der Waals surface area (Å²) in [6, 6.07) is 19.1. The van der Waals surface area contributed by atoms with Crippen molar-refractivity contribution in [2.75, 3.05) is 0 Å². The van der Waals surface area contributed by atoms with Crippen LogP contribution in [0.1, 0.15) is 75.2 Å². The molecule has 2 aromatic carbocycles. The molecule has 1 heterocycles. The van der Waals surface area contributed by atoms with E-state index in [-0.39, 0.29) is 0 Å². The van der Waals surface area contributed by atoms with Gasteiger partial charge in [0.25, 0.3) is 0 Å². The van der Waals surface area contributed by atoms with Gasteiger partial charge in [0.15, 0.2) is 0 Å². The molecule has 0 unspecified atom stereocenters. The molecule has 0 N–H and O–H groups in total. The number of nitrogens with zero attached hydrogens (tertiary/aromatic N) is 3. The Hall–Kier alpha value is -1.59. The molecule has 0 atom stereocenters. The second kappa shape index (κ2) is 15.5. The van der Waals surface area contributed by atoms with Crippen molar-refractivity contribution in [3.8, 4) is 0 Å². The Morgan fingerprint density at radius 1 is 0.629 bits per heavy atom. The number of aryl methyl sites for hydroxylation is 4. The van der Waals surface area contributed by atoms with E-state index in [0.29, 0.717) is 0 Å². The molecule has 0 aliphatic rings. The molecule has 3 nitrogen and oxygen atoms in total. The molecule has 35 heavy (non-hydrogen) atoms. The van der Waals surface area contributed by atoms with E-state index in [4.69, 9.17) is 15.0 Å². The Morgan fingerprint density at radius 3 is 1.20 bits per heavy atom. The zero-order chi connectivity index (χ0) is 25.8. The summed E-state index contributed by atoms with van der Waals surface area (Å²) in [7, 11) is 0. The number of hydrogen-bond donors (Lipinski definition) is 0. The van der Waals surface area contributed by atoms with Crippen LogP contribution in [0, 0.1) is 0 Å². The summed E-state index contributed by atoms with van der Waals surface area (Å²) in [5.41, 5.74) is 10.9. The summed E-state index contributed by atoms with van der Waals surface area (Å²) in [5.74, 6) is 0. The van der Waals surface area contributed by atoms with Gasteiger partial charge in [-0.15, -0.1) is 0 Å². The van der Waals surface area contributed by atoms with Crippen LogP contribution in [-0.4, -0.2) is 16.4 Å². The van der Waals surface area contributed by atoms with E-state index in [2.05, 4.69) is 98.4 Å². The SMILES string of the molecule is CCc1cccc(CC)c1N=C(C)c1cccc(C(C)=Nc2c(CC)cccc2CC)n1.[Br][Fe][Br]. The molecular formula is C29H35Br2FeN3. The minimum atomic E-state index is 0.875. The molecule has 0 radical (unpaired) electrons. The van der Waals surface area contributed by atoms with Gasteiger partial charge >= 0.3 is 39.6 Å². The Morgan fingerprint density at radius 2 is 0.914 bits per heavy atom. The van der Waals surface area contributed by atoms with E-state index in [9.17, 15) is 0 Å². The molecule has 188 valence electrons. The Bertz CT molecular complexity index is 1040. The van der Waals surface area contributed by atoms with E-state index in [1.165, 1.54) is 22.3 Å². The monoisotopic (exact) mass is 639 g/mol. The molecule has 0 spiro atoms. The standard InChI is InChI=1S/C29H35N3.2BrH.Fe/c1-7-22-14-11-15-23(8-2)28(22)30-20(5)26-18-13-19-27(32-26)21(6)31-29-24(9-3)16-12-17-25(29)10-4;;;/h11-19H,7-10H2,1-6H3;2*1H;/q;;;+2/p-2. The first kappa shape index (κ1) is 29.6. The molecule has 0 fully saturated rings. The number of rotatable bonds is 8. The molecule has 0 aliphatic carbocycles. The third kappa shape index (κ3) is 8.21. The summed E-state index contributed by atoms with van der Waals surface area (Å²) in [5, 5.41) is 0. The molecule has 3 rings (SSSR count). The number of aromatic nitrogens is 1. The van der Waals surface area contributed by atoms with Gasteiger partial charge in [0.05, 0.1) is 34.2 Å². The molecule has 6 heteroatoms. The fraction of sp³-hybridized carbons (Fsp3) is 0.345. The Balaban J connectivity index is 0.00000137. The second-order valence-electron chi connectivity index (χ2n) is 8.12. The third-order valence-electron chi connectivity index (χ3n) is 5.98. The van der Waals surface area contributed by atoms with Crippen LogP contribution in [0.4, 0.5) is 11.4 Å². The molecule has 0 amide bonds. The first-order valence-electron chi connectivity index (χ1n) is 12.1. The van der Waals surface area contributed by atoms with Gasteiger partial charge in [-0.1, -0.05) is 70.2 Å². The maximum absolute atomic E-state index is 5.02. The van der Waals surface area contributed by atoms with Gasteiger partial charge < -0.3 is 0 Å². The zero-order valence-electron chi connectivity index (χ0n) is 21.5. The summed E-state index contributed by atoms with van der Waals surface area (Å²) >= 11 is 7.00. The number of pyridine rings is 1. The van der Waals surface area contributed by atoms with Crippen LogP contribution in [0.25, 0.3) is 0 Å². The van der Waals surface area contributed by atoms with Gasteiger partial charge in [0.1, 0.15) is 0 Å². The fourth-order valence-electron chi connectivity index (χ4n) is 4.01. The van der Waals surface area contributed by atoms with E-state index >= 15 is 0 Å². The summed E-state index contributed by atoms with van der Waals surface area (Å²) in [6.07, 6.45) is 3.87. The average molecular weight is 641 g/mol. The molecule has 0 saturated heterocycles. The number of hydrogen-bond acceptors (Lipinski definition) is 3. The van der Waals surface area contributed by atoms with Crippen LogP contribution in [0.3, 0.4) is 0 Å². The van der Waals surface area contributed by atoms with Crippen molar-refractivity contribution < 1.29 is 11.3 Å². The predicted octanol–water partition coefficient (Wildman–Crippen LogP) is 9.30. The third-order valence-corrected chi connectivity index (χ3v) is 5.98. The number of benzene rings is 2. The van der Waals surface area contributed by atoms with Gasteiger partial charge in [0.2, 0.25) is 0 Å². The van der Waals surface area contributed by atoms with Crippen LogP contribution >= 0.6 is 28.2 Å². The summed E-state index contributed by atoms with van der Waals surface area (Å²) in [6.45, 7) is 12.8. The van der Waals surface area contributed by atoms with E-state index in [1.54, 1.807) is 0 Å². The van der Waals surface area contributed by atoms with Crippen LogP contribution in [0.15, 0.2) is 64.6 Å². The molecule has 0 aliphatic heterocycles. The van der Waals surface area contributed by atoms with Crippen molar-refractivity contribution in [3.05, 3.63) is 88.2 Å². The molecule has 1 aromatic heterocycles. The van der Waals surface area contributed by atoms with Crippen molar-refractivity contribution in [1.82, 2.24) is 4.98 Å². The second-order valence-corrected chi connectivity index (χ2v) is 13.7. The number of aliphatic imine (C=N–C) groups is 2. The van der Waals surface area contributed by atoms with Crippen molar-refractivity contribution >= 4 is 51.0 Å². The van der Waals surface area contributed by atoms with Crippen LogP contribution in [0.5, 0.6) is 0 Å². The zero-order valence-corrected chi connectivity index (χ0v) is 25.8. The molecule has 0 saturated carbocycles. The van der Waals surface area contributed by atoms with E-state index in [1.807, 2.05) is 26.0 Å². The van der Waals surface area contributed by atoms with Gasteiger partial charge in [0, 0.05) is 0 Å². The van der Waals surface area contributed by atoms with Crippen molar-refractivity contribution in [1.29, 1.82) is 0 Å². The predicted molar refractivity (Wildman–Crippen MR) is 156 cm³/mol. The summed E-state index contributed by atoms with van der Waals surface area (Å²) in [4.78, 5) is 15.0. The van der Waals surface area contributed by atoms with E-state index < -0.39 is 0 Å². The van der Waals surface area contributed by atoms with Crippen LogP contribution < -0.4 is 0 Å². The number of halogens is 2. The van der Waals surface area contributed by atoms with Gasteiger partial charge in [-0.2, -0.15) is 0 Å². The fourth-order valence-corrected chi connectivity index (χ4v) is 4.01. The Labute approximate surface area is 231 Å². The minimum absolute atomic E-state index is 0.875. The number of para-hydroxylation sites is 2.